The molecule has 3 rings (SSSR count). The average Bonchev–Trinajstić information content (AvgIpc) is 3.16. The van der Waals surface area contributed by atoms with Crippen LogP contribution in [0.5, 0.6) is 0 Å². The first-order valence-electron chi connectivity index (χ1n) is 8.95. The van der Waals surface area contributed by atoms with Crippen molar-refractivity contribution in [3.63, 3.8) is 0 Å². The highest BCUT2D eigenvalue weighted by molar-refractivity contribution is 7.98. The molecule has 1 amide bonds. The highest BCUT2D eigenvalue weighted by atomic mass is 32.2. The maximum Gasteiger partial charge on any atom is 0.339 e. The van der Waals surface area contributed by atoms with Crippen LogP contribution >= 0.6 is 11.8 Å². The zero-order valence-corrected chi connectivity index (χ0v) is 16.0. The zero-order valence-electron chi connectivity index (χ0n) is 15.2. The van der Waals surface area contributed by atoms with Crippen LogP contribution in [0.25, 0.3) is 0 Å². The van der Waals surface area contributed by atoms with Gasteiger partial charge in [0.05, 0.1) is 23.7 Å². The van der Waals surface area contributed by atoms with Crippen LogP contribution < -0.4 is 0 Å². The number of carboxylic acids is 1. The number of amides is 1. The van der Waals surface area contributed by atoms with Crippen LogP contribution in [-0.4, -0.2) is 48.2 Å². The average molecular weight is 389 g/mol. The molecule has 0 saturated carbocycles. The number of carbonyl (C=O) groups is 2. The number of ether oxygens (including phenoxy) is 1. The number of aromatic carboxylic acids is 1. The molecule has 1 fully saturated rings. The van der Waals surface area contributed by atoms with Gasteiger partial charge in [0.15, 0.2) is 0 Å². The fourth-order valence-corrected chi connectivity index (χ4v) is 4.10. The van der Waals surface area contributed by atoms with Gasteiger partial charge in [-0.3, -0.25) is 4.79 Å². The summed E-state index contributed by atoms with van der Waals surface area (Å²) in [6, 6.07) is 8.80. The number of benzene rings is 1. The van der Waals surface area contributed by atoms with E-state index in [1.54, 1.807) is 18.0 Å². The van der Waals surface area contributed by atoms with Crippen molar-refractivity contribution in [2.45, 2.75) is 36.0 Å². The van der Waals surface area contributed by atoms with Gasteiger partial charge in [0, 0.05) is 25.1 Å². The first-order valence-corrected chi connectivity index (χ1v) is 9.93. The largest absolute Gasteiger partial charge is 0.478 e. The number of thioether (sulfide) groups is 1. The van der Waals surface area contributed by atoms with E-state index in [-0.39, 0.29) is 17.6 Å². The molecule has 1 aromatic carbocycles. The number of likely N-dealkylation sites (N-methyl/N-ethyl adjacent to an activating group) is 1. The summed E-state index contributed by atoms with van der Waals surface area (Å²) in [7, 11) is 1.79. The molecule has 2 heterocycles. The molecule has 2 aromatic rings. The summed E-state index contributed by atoms with van der Waals surface area (Å²) >= 11 is 1.39. The highest BCUT2D eigenvalue weighted by Crippen LogP contribution is 2.29. The van der Waals surface area contributed by atoms with E-state index in [9.17, 15) is 14.7 Å². The third-order valence-corrected chi connectivity index (χ3v) is 5.62. The fourth-order valence-electron chi connectivity index (χ4n) is 3.10. The second-order valence-corrected chi connectivity index (χ2v) is 7.54. The smallest absolute Gasteiger partial charge is 0.339 e. The Morgan fingerprint density at radius 3 is 2.78 bits per heavy atom. The summed E-state index contributed by atoms with van der Waals surface area (Å²) in [6.45, 7) is 1.33. The van der Waals surface area contributed by atoms with Gasteiger partial charge in [0.25, 0.3) is 5.91 Å². The Labute approximate surface area is 162 Å². The summed E-state index contributed by atoms with van der Waals surface area (Å²) in [6.07, 6.45) is 4.65. The Morgan fingerprint density at radius 2 is 2.04 bits per heavy atom. The number of carboxylic acid groups (broad SMARTS) is 1. The third kappa shape index (κ3) is 4.93. The molecule has 1 aliphatic rings. The molecule has 1 N–H and O–H groups in total. The molecule has 144 valence electrons. The molecule has 0 radical (unpaired) electrons. The first kappa shape index (κ1) is 19.5. The molecule has 6 nitrogen and oxygen atoms in total. The maximum absolute atomic E-state index is 12.9. The molecule has 0 bridgehead atoms. The predicted molar refractivity (Wildman–Crippen MR) is 102 cm³/mol. The van der Waals surface area contributed by atoms with Crippen molar-refractivity contribution in [3.05, 3.63) is 53.5 Å². The molecule has 1 aliphatic heterocycles. The minimum absolute atomic E-state index is 0.0647. The second-order valence-electron chi connectivity index (χ2n) is 6.52. The van der Waals surface area contributed by atoms with Crippen molar-refractivity contribution in [1.82, 2.24) is 4.90 Å². The molecular weight excluding hydrogens is 366 g/mol. The number of hydrogen-bond acceptors (Lipinski definition) is 5. The molecular formula is C20H23NO5S. The van der Waals surface area contributed by atoms with E-state index in [0.29, 0.717) is 23.6 Å². The lowest BCUT2D eigenvalue weighted by Gasteiger charge is -2.27. The lowest BCUT2D eigenvalue weighted by atomic mass is 10.1. The summed E-state index contributed by atoms with van der Waals surface area (Å²) in [5, 5.41) is 9.18. The van der Waals surface area contributed by atoms with E-state index in [0.717, 1.165) is 30.8 Å². The number of furan rings is 1. The minimum atomic E-state index is -1.02. The van der Waals surface area contributed by atoms with Gasteiger partial charge in [-0.1, -0.05) is 12.1 Å². The molecule has 0 spiro atoms. The van der Waals surface area contributed by atoms with E-state index in [1.807, 2.05) is 18.2 Å². The van der Waals surface area contributed by atoms with E-state index in [2.05, 4.69) is 0 Å². The Balaban J connectivity index is 1.68. The zero-order chi connectivity index (χ0) is 19.2. The second kappa shape index (κ2) is 9.10. The predicted octanol–water partition coefficient (Wildman–Crippen LogP) is 3.91. The molecule has 7 heteroatoms. The van der Waals surface area contributed by atoms with Crippen molar-refractivity contribution in [2.24, 2.45) is 0 Å². The highest BCUT2D eigenvalue weighted by Gasteiger charge is 2.22. The summed E-state index contributed by atoms with van der Waals surface area (Å²) in [4.78, 5) is 26.6. The molecule has 0 aliphatic carbocycles. The van der Waals surface area contributed by atoms with Crippen LogP contribution in [0, 0.1) is 0 Å². The SMILES string of the molecule is CN(CC1CCCCO1)C(=O)c1ccccc1SCc1occc1C(=O)O. The Morgan fingerprint density at radius 1 is 1.22 bits per heavy atom. The van der Waals surface area contributed by atoms with Crippen LogP contribution in [-0.2, 0) is 10.5 Å². The van der Waals surface area contributed by atoms with Gasteiger partial charge < -0.3 is 19.2 Å². The van der Waals surface area contributed by atoms with Crippen LogP contribution in [0.4, 0.5) is 0 Å². The Hall–Kier alpha value is -2.25. The molecule has 1 aromatic heterocycles. The Bertz CT molecular complexity index is 797. The van der Waals surface area contributed by atoms with Crippen LogP contribution in [0.15, 0.2) is 45.9 Å². The fraction of sp³-hybridized carbons (Fsp3) is 0.400. The van der Waals surface area contributed by atoms with E-state index in [1.165, 1.54) is 24.1 Å². The van der Waals surface area contributed by atoms with Gasteiger partial charge in [0.2, 0.25) is 0 Å². The van der Waals surface area contributed by atoms with Gasteiger partial charge in [-0.15, -0.1) is 11.8 Å². The Kier molecular flexibility index (Phi) is 6.58. The molecule has 1 atom stereocenters. The minimum Gasteiger partial charge on any atom is -0.478 e. The van der Waals surface area contributed by atoms with Crippen LogP contribution in [0.1, 0.15) is 45.7 Å². The first-order chi connectivity index (χ1) is 13.1. The third-order valence-electron chi connectivity index (χ3n) is 4.55. The van der Waals surface area contributed by atoms with Crippen molar-refractivity contribution < 1.29 is 23.8 Å². The molecule has 1 saturated heterocycles. The van der Waals surface area contributed by atoms with Gasteiger partial charge in [-0.2, -0.15) is 0 Å². The van der Waals surface area contributed by atoms with Crippen LogP contribution in [0.2, 0.25) is 0 Å². The summed E-state index contributed by atoms with van der Waals surface area (Å²) < 4.78 is 11.0. The van der Waals surface area contributed by atoms with E-state index < -0.39 is 5.97 Å². The topological polar surface area (TPSA) is 80.0 Å². The monoisotopic (exact) mass is 389 g/mol. The van der Waals surface area contributed by atoms with Gasteiger partial charge in [-0.05, 0) is 37.5 Å². The standard InChI is InChI=1S/C20H23NO5S/c1-21(12-14-6-4-5-10-25-14)19(22)16-7-2-3-8-18(16)27-13-17-15(20(23)24)9-11-26-17/h2-3,7-9,11,14H,4-6,10,12-13H2,1H3,(H,23,24). The van der Waals surface area contributed by atoms with E-state index >= 15 is 0 Å². The van der Waals surface area contributed by atoms with Crippen molar-refractivity contribution in [1.29, 1.82) is 0 Å². The van der Waals surface area contributed by atoms with Crippen LogP contribution in [0.3, 0.4) is 0 Å². The quantitative estimate of drug-likeness (QED) is 0.723. The van der Waals surface area contributed by atoms with Gasteiger partial charge >= 0.3 is 5.97 Å². The van der Waals surface area contributed by atoms with Crippen molar-refractivity contribution in [3.8, 4) is 0 Å². The number of rotatable bonds is 7. The number of hydrogen-bond donors (Lipinski definition) is 1. The number of nitrogens with zero attached hydrogens (tertiary/aromatic N) is 1. The van der Waals surface area contributed by atoms with Gasteiger partial charge in [0.1, 0.15) is 11.3 Å². The number of carbonyl (C=O) groups excluding carboxylic acids is 1. The molecule has 27 heavy (non-hydrogen) atoms. The lowest BCUT2D eigenvalue weighted by Crippen LogP contribution is -2.37. The summed E-state index contributed by atoms with van der Waals surface area (Å²) in [5.74, 6) is -0.353. The molecule has 1 unspecified atom stereocenters. The summed E-state index contributed by atoms with van der Waals surface area (Å²) in [5.41, 5.74) is 0.752. The normalized spacial score (nSPS) is 16.9. The van der Waals surface area contributed by atoms with E-state index in [4.69, 9.17) is 9.15 Å². The lowest BCUT2D eigenvalue weighted by molar-refractivity contribution is -0.000248. The van der Waals surface area contributed by atoms with Crippen molar-refractivity contribution in [2.75, 3.05) is 20.2 Å². The van der Waals surface area contributed by atoms with Gasteiger partial charge in [-0.25, -0.2) is 4.79 Å². The van der Waals surface area contributed by atoms with Crippen molar-refractivity contribution >= 4 is 23.6 Å². The maximum atomic E-state index is 12.9.